The molecule has 3 nitrogen and oxygen atoms in total. The third-order valence-electron chi connectivity index (χ3n) is 5.40. The number of aliphatic hydroxyl groups is 1. The van der Waals surface area contributed by atoms with Crippen molar-refractivity contribution in [2.75, 3.05) is 5.75 Å². The van der Waals surface area contributed by atoms with E-state index >= 15 is 0 Å². The first-order chi connectivity index (χ1) is 13.3. The highest BCUT2D eigenvalue weighted by Gasteiger charge is 2.32. The second-order valence-corrected chi connectivity index (χ2v) is 9.27. The van der Waals surface area contributed by atoms with E-state index in [1.807, 2.05) is 32.9 Å². The van der Waals surface area contributed by atoms with E-state index in [1.165, 1.54) is 5.56 Å². The molecule has 0 saturated carbocycles. The maximum absolute atomic E-state index is 13.0. The highest BCUT2D eigenvalue weighted by atomic mass is 35.5. The first-order valence-corrected chi connectivity index (χ1v) is 10.9. The molecule has 28 heavy (non-hydrogen) atoms. The lowest BCUT2D eigenvalue weighted by atomic mass is 9.77. The second kappa shape index (κ2) is 8.71. The summed E-state index contributed by atoms with van der Waals surface area (Å²) in [6.07, 6.45) is 2.66. The summed E-state index contributed by atoms with van der Waals surface area (Å²) in [5.41, 5.74) is 4.68. The average molecular weight is 416 g/mol. The van der Waals surface area contributed by atoms with Gasteiger partial charge in [0.05, 0.1) is 15.6 Å². The van der Waals surface area contributed by atoms with Crippen molar-refractivity contribution in [2.24, 2.45) is 11.8 Å². The Kier molecular flexibility index (Phi) is 6.51. The van der Waals surface area contributed by atoms with Crippen LogP contribution in [0.3, 0.4) is 0 Å². The molecule has 3 rings (SSSR count). The van der Waals surface area contributed by atoms with Gasteiger partial charge in [0.15, 0.2) is 5.78 Å². The molecule has 2 unspecified atom stereocenters. The van der Waals surface area contributed by atoms with Crippen molar-refractivity contribution >= 4 is 34.7 Å². The van der Waals surface area contributed by atoms with Gasteiger partial charge in [0.2, 0.25) is 0 Å². The number of allylic oxidation sites excluding steroid dienone is 2. The van der Waals surface area contributed by atoms with Crippen LogP contribution in [0.1, 0.15) is 42.0 Å². The van der Waals surface area contributed by atoms with Crippen molar-refractivity contribution < 1.29 is 9.90 Å². The molecule has 1 N–H and O–H groups in total. The van der Waals surface area contributed by atoms with Crippen LogP contribution in [0.25, 0.3) is 5.57 Å². The van der Waals surface area contributed by atoms with Gasteiger partial charge in [-0.15, -0.1) is 11.8 Å². The highest BCUT2D eigenvalue weighted by molar-refractivity contribution is 7.99. The number of halogens is 1. The monoisotopic (exact) mass is 415 g/mol. The van der Waals surface area contributed by atoms with Crippen molar-refractivity contribution in [1.82, 2.24) is 4.98 Å². The minimum Gasteiger partial charge on any atom is -0.512 e. The topological polar surface area (TPSA) is 50.2 Å². The molecule has 5 heteroatoms. The van der Waals surface area contributed by atoms with E-state index in [0.717, 1.165) is 27.5 Å². The van der Waals surface area contributed by atoms with E-state index in [0.29, 0.717) is 23.4 Å². The zero-order valence-corrected chi connectivity index (χ0v) is 18.3. The van der Waals surface area contributed by atoms with E-state index in [4.69, 9.17) is 11.6 Å². The number of hydrogen-bond donors (Lipinski definition) is 1. The minimum atomic E-state index is 0.0465. The van der Waals surface area contributed by atoms with Gasteiger partial charge in [-0.1, -0.05) is 36.2 Å². The number of carbonyl (C=O) groups excluding carboxylic acids is 1. The van der Waals surface area contributed by atoms with E-state index in [2.05, 4.69) is 24.0 Å². The number of hydrogen-bond acceptors (Lipinski definition) is 4. The number of rotatable bonds is 5. The Hall–Kier alpha value is -1.78. The van der Waals surface area contributed by atoms with Gasteiger partial charge in [0, 0.05) is 24.8 Å². The van der Waals surface area contributed by atoms with E-state index in [-0.39, 0.29) is 23.4 Å². The summed E-state index contributed by atoms with van der Waals surface area (Å²) in [6, 6.07) is 7.88. The Morgan fingerprint density at radius 1 is 1.21 bits per heavy atom. The molecule has 0 fully saturated rings. The molecule has 1 aromatic heterocycles. The summed E-state index contributed by atoms with van der Waals surface area (Å²) < 4.78 is 0. The van der Waals surface area contributed by atoms with Crippen LogP contribution in [-0.4, -0.2) is 21.6 Å². The molecule has 0 spiro atoms. The van der Waals surface area contributed by atoms with Gasteiger partial charge in [-0.05, 0) is 61.4 Å². The van der Waals surface area contributed by atoms with Crippen LogP contribution in [0.4, 0.5) is 0 Å². The van der Waals surface area contributed by atoms with Gasteiger partial charge in [-0.3, -0.25) is 4.79 Å². The zero-order valence-electron chi connectivity index (χ0n) is 16.8. The van der Waals surface area contributed by atoms with Crippen LogP contribution >= 0.6 is 23.4 Å². The first kappa shape index (κ1) is 20.9. The molecule has 1 aliphatic carbocycles. The normalized spacial score (nSPS) is 18.5. The fourth-order valence-electron chi connectivity index (χ4n) is 3.98. The fourth-order valence-corrected chi connectivity index (χ4v) is 5.09. The molecule has 148 valence electrons. The van der Waals surface area contributed by atoms with Crippen LogP contribution in [0, 0.1) is 32.6 Å². The number of nitrogens with zero attached hydrogens (tertiary/aromatic N) is 1. The number of thioether (sulfide) groups is 1. The van der Waals surface area contributed by atoms with Gasteiger partial charge < -0.3 is 5.11 Å². The molecular formula is C23H26ClNO2S. The lowest BCUT2D eigenvalue weighted by molar-refractivity contribution is -0.115. The van der Waals surface area contributed by atoms with E-state index in [1.54, 1.807) is 18.0 Å². The van der Waals surface area contributed by atoms with Gasteiger partial charge in [-0.25, -0.2) is 4.98 Å². The summed E-state index contributed by atoms with van der Waals surface area (Å²) in [4.78, 5) is 17.3. The second-order valence-electron chi connectivity index (χ2n) is 7.79. The number of Topliss-reactive ketones (excluding diaryl/α,β-unsaturated/α-hetero) is 1. The predicted molar refractivity (Wildman–Crippen MR) is 117 cm³/mol. The summed E-state index contributed by atoms with van der Waals surface area (Å²) >= 11 is 7.54. The lowest BCUT2D eigenvalue weighted by Crippen LogP contribution is -2.25. The quantitative estimate of drug-likeness (QED) is 0.579. The SMILES string of the molecule is Cc1cc(C)c(C2=C(O)CC(C(C)CSc3ccc(Cl)cn3)CC2=O)c(C)c1. The molecule has 0 amide bonds. The number of benzene rings is 1. The maximum atomic E-state index is 13.0. The van der Waals surface area contributed by atoms with Gasteiger partial charge in [-0.2, -0.15) is 0 Å². The molecule has 0 bridgehead atoms. The highest BCUT2D eigenvalue weighted by Crippen LogP contribution is 2.39. The molecular weight excluding hydrogens is 390 g/mol. The Morgan fingerprint density at radius 2 is 1.89 bits per heavy atom. The minimum absolute atomic E-state index is 0.0465. The van der Waals surface area contributed by atoms with Crippen molar-refractivity contribution in [3.05, 3.63) is 63.5 Å². The largest absolute Gasteiger partial charge is 0.512 e. The lowest BCUT2D eigenvalue weighted by Gasteiger charge is -2.29. The van der Waals surface area contributed by atoms with Crippen molar-refractivity contribution in [3.63, 3.8) is 0 Å². The Bertz CT molecular complexity index is 898. The molecule has 1 aromatic carbocycles. The molecule has 1 aliphatic rings. The fraction of sp³-hybridized carbons (Fsp3) is 0.391. The van der Waals surface area contributed by atoms with E-state index < -0.39 is 0 Å². The first-order valence-electron chi connectivity index (χ1n) is 9.54. The van der Waals surface area contributed by atoms with Crippen LogP contribution < -0.4 is 0 Å². The van der Waals surface area contributed by atoms with Crippen LogP contribution in [-0.2, 0) is 4.79 Å². The van der Waals surface area contributed by atoms with Crippen molar-refractivity contribution in [2.45, 2.75) is 45.6 Å². The third-order valence-corrected chi connectivity index (χ3v) is 6.85. The Balaban J connectivity index is 1.75. The van der Waals surface area contributed by atoms with Crippen LogP contribution in [0.2, 0.25) is 5.02 Å². The number of aliphatic hydroxyl groups excluding tert-OH is 1. The third kappa shape index (κ3) is 4.61. The van der Waals surface area contributed by atoms with Crippen molar-refractivity contribution in [3.8, 4) is 0 Å². The van der Waals surface area contributed by atoms with Gasteiger partial charge in [0.25, 0.3) is 0 Å². The molecule has 1 heterocycles. The smallest absolute Gasteiger partial charge is 0.167 e. The summed E-state index contributed by atoms with van der Waals surface area (Å²) in [5.74, 6) is 1.55. The van der Waals surface area contributed by atoms with Crippen LogP contribution in [0.15, 0.2) is 41.2 Å². The number of ketones is 1. The number of aromatic nitrogens is 1. The maximum Gasteiger partial charge on any atom is 0.167 e. The van der Waals surface area contributed by atoms with Gasteiger partial charge in [0.1, 0.15) is 5.76 Å². The average Bonchev–Trinajstić information content (AvgIpc) is 2.62. The summed E-state index contributed by atoms with van der Waals surface area (Å²) in [7, 11) is 0. The number of carbonyl (C=O) groups is 1. The summed E-state index contributed by atoms with van der Waals surface area (Å²) in [6.45, 7) is 8.20. The van der Waals surface area contributed by atoms with Crippen LogP contribution in [0.5, 0.6) is 0 Å². The Morgan fingerprint density at radius 3 is 2.46 bits per heavy atom. The summed E-state index contributed by atoms with van der Waals surface area (Å²) in [5, 5.41) is 12.3. The number of aryl methyl sites for hydroxylation is 3. The molecule has 0 saturated heterocycles. The van der Waals surface area contributed by atoms with Gasteiger partial charge >= 0.3 is 0 Å². The molecule has 2 aromatic rings. The molecule has 0 aliphatic heterocycles. The zero-order chi connectivity index (χ0) is 20.4. The standard InChI is InChI=1S/C23H26ClNO2S/c1-13-7-14(2)22(15(3)8-13)23-19(26)9-17(10-20(23)27)16(4)12-28-21-6-5-18(24)11-25-21/h5-8,11,16-17,26H,9-10,12H2,1-4H3. The van der Waals surface area contributed by atoms with E-state index in [9.17, 15) is 9.90 Å². The predicted octanol–water partition coefficient (Wildman–Crippen LogP) is 6.34. The van der Waals surface area contributed by atoms with Crippen molar-refractivity contribution in [1.29, 1.82) is 0 Å². The molecule has 2 atom stereocenters. The Labute approximate surface area is 176 Å². The number of pyridine rings is 1. The molecule has 0 radical (unpaired) electrons.